The van der Waals surface area contributed by atoms with Crippen LogP contribution >= 0.6 is 0 Å². The van der Waals surface area contributed by atoms with Gasteiger partial charge in [0.25, 0.3) is 0 Å². The van der Waals surface area contributed by atoms with Crippen LogP contribution in [0.15, 0.2) is 24.3 Å². The van der Waals surface area contributed by atoms with Crippen LogP contribution in [0.25, 0.3) is 0 Å². The first-order valence-corrected chi connectivity index (χ1v) is 6.46. The summed E-state index contributed by atoms with van der Waals surface area (Å²) in [6.07, 6.45) is 0.809. The number of aryl methyl sites for hydroxylation is 3. The molecule has 0 spiro atoms. The summed E-state index contributed by atoms with van der Waals surface area (Å²) >= 11 is 0. The Morgan fingerprint density at radius 1 is 1.40 bits per heavy atom. The standard InChI is InChI=1S/C14H18N4O2/c1-10-5-4-6-12(9-10)7-8-15-14-13(18(19)20)11(2)16-17(14)3/h4-6,9,15H,7-8H2,1-3H3. The minimum absolute atomic E-state index is 0.0525. The van der Waals surface area contributed by atoms with E-state index >= 15 is 0 Å². The lowest BCUT2D eigenvalue weighted by atomic mass is 10.1. The maximum Gasteiger partial charge on any atom is 0.333 e. The van der Waals surface area contributed by atoms with Crippen LogP contribution in [-0.4, -0.2) is 21.2 Å². The maximum atomic E-state index is 11.0. The highest BCUT2D eigenvalue weighted by atomic mass is 16.6. The van der Waals surface area contributed by atoms with E-state index in [4.69, 9.17) is 0 Å². The zero-order valence-corrected chi connectivity index (χ0v) is 11.9. The second kappa shape index (κ2) is 5.73. The van der Waals surface area contributed by atoms with Gasteiger partial charge in [-0.3, -0.25) is 10.1 Å². The Morgan fingerprint density at radius 3 is 2.80 bits per heavy atom. The molecular weight excluding hydrogens is 256 g/mol. The summed E-state index contributed by atoms with van der Waals surface area (Å²) in [7, 11) is 1.70. The first kappa shape index (κ1) is 14.0. The highest BCUT2D eigenvalue weighted by Crippen LogP contribution is 2.27. The van der Waals surface area contributed by atoms with Crippen LogP contribution in [0, 0.1) is 24.0 Å². The molecule has 0 aliphatic rings. The molecule has 0 amide bonds. The van der Waals surface area contributed by atoms with Crippen LogP contribution in [0.2, 0.25) is 0 Å². The summed E-state index contributed by atoms with van der Waals surface area (Å²) in [5.41, 5.74) is 2.90. The summed E-state index contributed by atoms with van der Waals surface area (Å²) in [6.45, 7) is 4.32. The number of hydrogen-bond acceptors (Lipinski definition) is 4. The molecule has 106 valence electrons. The number of benzene rings is 1. The minimum atomic E-state index is -0.392. The van der Waals surface area contributed by atoms with Gasteiger partial charge in [-0.1, -0.05) is 29.8 Å². The molecule has 0 atom stereocenters. The van der Waals surface area contributed by atoms with E-state index in [1.165, 1.54) is 15.8 Å². The van der Waals surface area contributed by atoms with Gasteiger partial charge < -0.3 is 5.32 Å². The molecule has 0 saturated carbocycles. The third-order valence-corrected chi connectivity index (χ3v) is 3.16. The third kappa shape index (κ3) is 2.96. The van der Waals surface area contributed by atoms with Crippen molar-refractivity contribution in [1.82, 2.24) is 9.78 Å². The first-order valence-electron chi connectivity index (χ1n) is 6.46. The molecule has 2 aromatic rings. The van der Waals surface area contributed by atoms with Gasteiger partial charge in [0.05, 0.1) is 4.92 Å². The Morgan fingerprint density at radius 2 is 2.15 bits per heavy atom. The lowest BCUT2D eigenvalue weighted by Crippen LogP contribution is -2.10. The fourth-order valence-corrected chi connectivity index (χ4v) is 2.26. The number of nitrogens with one attached hydrogen (secondary N) is 1. The van der Waals surface area contributed by atoms with Crippen molar-refractivity contribution >= 4 is 11.5 Å². The van der Waals surface area contributed by atoms with Gasteiger partial charge in [-0.05, 0) is 25.8 Å². The Kier molecular flexibility index (Phi) is 4.02. The number of aromatic nitrogens is 2. The molecule has 1 heterocycles. The average molecular weight is 274 g/mol. The maximum absolute atomic E-state index is 11.0. The monoisotopic (exact) mass is 274 g/mol. The fourth-order valence-electron chi connectivity index (χ4n) is 2.26. The number of nitrogens with zero attached hydrogens (tertiary/aromatic N) is 3. The van der Waals surface area contributed by atoms with Crippen LogP contribution < -0.4 is 5.32 Å². The number of hydrogen-bond donors (Lipinski definition) is 1. The van der Waals surface area contributed by atoms with Gasteiger partial charge >= 0.3 is 5.69 Å². The fraction of sp³-hybridized carbons (Fsp3) is 0.357. The van der Waals surface area contributed by atoms with Gasteiger partial charge in [0.15, 0.2) is 0 Å². The van der Waals surface area contributed by atoms with E-state index < -0.39 is 4.92 Å². The molecule has 2 rings (SSSR count). The summed E-state index contributed by atoms with van der Waals surface area (Å²) in [5, 5.41) is 18.2. The van der Waals surface area contributed by atoms with Crippen molar-refractivity contribution in [2.24, 2.45) is 7.05 Å². The SMILES string of the molecule is Cc1cccc(CCNc2c([N+](=O)[O-])c(C)nn2C)c1. The highest BCUT2D eigenvalue weighted by molar-refractivity contribution is 5.59. The van der Waals surface area contributed by atoms with Gasteiger partial charge in [0.2, 0.25) is 5.82 Å². The van der Waals surface area contributed by atoms with Gasteiger partial charge in [-0.15, -0.1) is 0 Å². The van der Waals surface area contributed by atoms with Gasteiger partial charge in [0, 0.05) is 13.6 Å². The van der Waals surface area contributed by atoms with Crippen molar-refractivity contribution in [2.45, 2.75) is 20.3 Å². The molecule has 0 fully saturated rings. The molecule has 0 aliphatic carbocycles. The second-order valence-corrected chi connectivity index (χ2v) is 4.83. The Balaban J connectivity index is 2.06. The molecule has 20 heavy (non-hydrogen) atoms. The highest BCUT2D eigenvalue weighted by Gasteiger charge is 2.23. The number of nitro groups is 1. The van der Waals surface area contributed by atoms with Gasteiger partial charge in [-0.25, -0.2) is 4.68 Å². The quantitative estimate of drug-likeness (QED) is 0.672. The van der Waals surface area contributed by atoms with Crippen molar-refractivity contribution < 1.29 is 4.92 Å². The smallest absolute Gasteiger partial charge is 0.333 e. The Bertz CT molecular complexity index is 634. The zero-order chi connectivity index (χ0) is 14.7. The molecule has 0 radical (unpaired) electrons. The van der Waals surface area contributed by atoms with E-state index in [9.17, 15) is 10.1 Å². The van der Waals surface area contributed by atoms with Gasteiger partial charge in [0.1, 0.15) is 5.69 Å². The summed E-state index contributed by atoms with van der Waals surface area (Å²) in [5.74, 6) is 0.458. The Hall–Kier alpha value is -2.37. The molecule has 6 heteroatoms. The third-order valence-electron chi connectivity index (χ3n) is 3.16. The van der Waals surface area contributed by atoms with E-state index in [1.54, 1.807) is 14.0 Å². The van der Waals surface area contributed by atoms with Crippen molar-refractivity contribution in [3.05, 3.63) is 51.2 Å². The molecule has 6 nitrogen and oxygen atoms in total. The first-order chi connectivity index (χ1) is 9.49. The molecule has 1 aromatic heterocycles. The molecule has 0 aliphatic heterocycles. The predicted molar refractivity (Wildman–Crippen MR) is 78.0 cm³/mol. The summed E-state index contributed by atoms with van der Waals surface area (Å²) in [6, 6.07) is 8.23. The molecular formula is C14H18N4O2. The largest absolute Gasteiger partial charge is 0.364 e. The Labute approximate surface area is 117 Å². The van der Waals surface area contributed by atoms with Crippen LogP contribution in [0.3, 0.4) is 0 Å². The normalized spacial score (nSPS) is 10.6. The van der Waals surface area contributed by atoms with Crippen molar-refractivity contribution in [3.8, 4) is 0 Å². The topological polar surface area (TPSA) is 73.0 Å². The van der Waals surface area contributed by atoms with Crippen LogP contribution in [0.1, 0.15) is 16.8 Å². The molecule has 1 aromatic carbocycles. The van der Waals surface area contributed by atoms with Gasteiger partial charge in [-0.2, -0.15) is 5.10 Å². The summed E-state index contributed by atoms with van der Waals surface area (Å²) in [4.78, 5) is 10.7. The number of anilines is 1. The van der Waals surface area contributed by atoms with Crippen molar-refractivity contribution in [2.75, 3.05) is 11.9 Å². The second-order valence-electron chi connectivity index (χ2n) is 4.83. The lowest BCUT2D eigenvalue weighted by Gasteiger charge is -2.06. The van der Waals surface area contributed by atoms with Crippen LogP contribution in [-0.2, 0) is 13.5 Å². The number of rotatable bonds is 5. The van der Waals surface area contributed by atoms with Crippen molar-refractivity contribution in [3.63, 3.8) is 0 Å². The lowest BCUT2D eigenvalue weighted by molar-refractivity contribution is -0.384. The predicted octanol–water partition coefficient (Wildman–Crippen LogP) is 2.60. The van der Waals surface area contributed by atoms with E-state index in [-0.39, 0.29) is 5.69 Å². The molecule has 0 bridgehead atoms. The molecule has 1 N–H and O–H groups in total. The minimum Gasteiger partial charge on any atom is -0.364 e. The summed E-state index contributed by atoms with van der Waals surface area (Å²) < 4.78 is 1.52. The van der Waals surface area contributed by atoms with E-state index in [1.807, 2.05) is 19.1 Å². The average Bonchev–Trinajstić information content (AvgIpc) is 2.64. The van der Waals surface area contributed by atoms with E-state index in [0.29, 0.717) is 18.1 Å². The van der Waals surface area contributed by atoms with Crippen LogP contribution in [0.4, 0.5) is 11.5 Å². The molecule has 0 saturated heterocycles. The van der Waals surface area contributed by atoms with E-state index in [0.717, 1.165) is 6.42 Å². The molecule has 0 unspecified atom stereocenters. The zero-order valence-electron chi connectivity index (χ0n) is 11.9. The van der Waals surface area contributed by atoms with E-state index in [2.05, 4.69) is 22.5 Å². The van der Waals surface area contributed by atoms with Crippen molar-refractivity contribution in [1.29, 1.82) is 0 Å². The van der Waals surface area contributed by atoms with Crippen LogP contribution in [0.5, 0.6) is 0 Å².